The van der Waals surface area contributed by atoms with Crippen molar-refractivity contribution >= 4 is 22.1 Å². The molecule has 1 fully saturated rings. The lowest BCUT2D eigenvalue weighted by molar-refractivity contribution is 0.533. The van der Waals surface area contributed by atoms with Gasteiger partial charge in [-0.1, -0.05) is 0 Å². The third-order valence-corrected chi connectivity index (χ3v) is 4.58. The zero-order chi connectivity index (χ0) is 17.1. The van der Waals surface area contributed by atoms with Crippen LogP contribution in [0.5, 0.6) is 0 Å². The Bertz CT molecular complexity index is 781. The molecule has 24 heavy (non-hydrogen) atoms. The van der Waals surface area contributed by atoms with Crippen LogP contribution in [0.15, 0.2) is 38.9 Å². The summed E-state index contributed by atoms with van der Waals surface area (Å²) >= 11 is 3.38. The second kappa shape index (κ2) is 7.30. The van der Waals surface area contributed by atoms with Crippen molar-refractivity contribution in [2.45, 2.75) is 26.2 Å². The third-order valence-electron chi connectivity index (χ3n) is 3.93. The molecule has 4 nitrogen and oxygen atoms in total. The summed E-state index contributed by atoms with van der Waals surface area (Å²) in [5.41, 5.74) is 2.31. The van der Waals surface area contributed by atoms with E-state index in [1.165, 1.54) is 31.2 Å². The Balaban J connectivity index is 1.83. The van der Waals surface area contributed by atoms with Gasteiger partial charge in [-0.3, -0.25) is 0 Å². The predicted octanol–water partition coefficient (Wildman–Crippen LogP) is 4.63. The molecule has 0 unspecified atom stereocenters. The van der Waals surface area contributed by atoms with Crippen LogP contribution in [-0.4, -0.2) is 17.7 Å². The lowest BCUT2D eigenvalue weighted by Crippen LogP contribution is -2.11. The number of rotatable bonds is 7. The molecular weight excluding hydrogens is 373 g/mol. The highest BCUT2D eigenvalue weighted by Gasteiger charge is 2.20. The molecule has 3 rings (SSSR count). The van der Waals surface area contributed by atoms with Crippen LogP contribution < -0.4 is 5.32 Å². The summed E-state index contributed by atoms with van der Waals surface area (Å²) in [5, 5.41) is 10.9. The number of aromatic nitrogens is 1. The second-order valence-corrected chi connectivity index (χ2v) is 6.88. The highest BCUT2D eigenvalue weighted by Crippen LogP contribution is 2.33. The van der Waals surface area contributed by atoms with E-state index in [9.17, 15) is 4.39 Å². The van der Waals surface area contributed by atoms with Gasteiger partial charge in [-0.2, -0.15) is 0 Å². The van der Waals surface area contributed by atoms with E-state index in [0.717, 1.165) is 29.3 Å². The van der Waals surface area contributed by atoms with Crippen LogP contribution in [0, 0.1) is 24.1 Å². The zero-order valence-electron chi connectivity index (χ0n) is 13.4. The van der Waals surface area contributed by atoms with Crippen LogP contribution in [0.4, 0.5) is 4.39 Å². The third kappa shape index (κ3) is 4.12. The lowest BCUT2D eigenvalue weighted by Gasteiger charge is -2.05. The standard InChI is InChI=1S/C18H19BrFN3O/c1-11-23-17(6-13(8-21)10-22-9-12-2-3-12)18(24-11)15-5-4-14(20)7-16(15)19/h4-5,7-8,10,12,21-22H,2-3,6,9H2,1H3/b13-10-,21-8?. The molecule has 0 atom stereocenters. The summed E-state index contributed by atoms with van der Waals surface area (Å²) in [5.74, 6) is 1.61. The molecule has 0 aliphatic heterocycles. The first-order valence-corrected chi connectivity index (χ1v) is 8.70. The second-order valence-electron chi connectivity index (χ2n) is 6.02. The van der Waals surface area contributed by atoms with Gasteiger partial charge in [0.2, 0.25) is 0 Å². The molecule has 0 radical (unpaired) electrons. The average molecular weight is 392 g/mol. The average Bonchev–Trinajstić information content (AvgIpc) is 3.29. The van der Waals surface area contributed by atoms with E-state index in [-0.39, 0.29) is 5.82 Å². The molecular formula is C18H19BrFN3O. The van der Waals surface area contributed by atoms with Crippen molar-refractivity contribution in [3.05, 3.63) is 51.8 Å². The van der Waals surface area contributed by atoms with E-state index >= 15 is 0 Å². The number of allylic oxidation sites excluding steroid dienone is 1. The fourth-order valence-corrected chi connectivity index (χ4v) is 3.02. The number of hydrogen-bond donors (Lipinski definition) is 2. The molecule has 0 spiro atoms. The molecule has 0 amide bonds. The number of halogens is 2. The summed E-state index contributed by atoms with van der Waals surface area (Å²) in [6, 6.07) is 4.47. The summed E-state index contributed by atoms with van der Waals surface area (Å²) < 4.78 is 19.7. The highest BCUT2D eigenvalue weighted by atomic mass is 79.9. The molecule has 126 valence electrons. The monoisotopic (exact) mass is 391 g/mol. The van der Waals surface area contributed by atoms with E-state index in [4.69, 9.17) is 9.83 Å². The number of benzene rings is 1. The highest BCUT2D eigenvalue weighted by molar-refractivity contribution is 9.10. The Morgan fingerprint density at radius 1 is 1.50 bits per heavy atom. The van der Waals surface area contributed by atoms with Crippen LogP contribution in [0.3, 0.4) is 0 Å². The maximum Gasteiger partial charge on any atom is 0.192 e. The summed E-state index contributed by atoms with van der Waals surface area (Å²) in [4.78, 5) is 4.44. The molecule has 0 bridgehead atoms. The normalized spacial score (nSPS) is 14.7. The smallest absolute Gasteiger partial charge is 0.192 e. The Labute approximate surface area is 148 Å². The minimum Gasteiger partial charge on any atom is -0.441 e. The van der Waals surface area contributed by atoms with Crippen LogP contribution in [0.2, 0.25) is 0 Å². The van der Waals surface area contributed by atoms with Crippen molar-refractivity contribution in [1.29, 1.82) is 5.41 Å². The Morgan fingerprint density at radius 2 is 2.29 bits per heavy atom. The number of nitrogens with zero attached hydrogens (tertiary/aromatic N) is 1. The first kappa shape index (κ1) is 16.9. The molecule has 6 heteroatoms. The Morgan fingerprint density at radius 3 is 2.96 bits per heavy atom. The summed E-state index contributed by atoms with van der Waals surface area (Å²) in [7, 11) is 0. The first-order valence-electron chi connectivity index (χ1n) is 7.91. The SMILES string of the molecule is Cc1nc(C/C(C=N)=C/NCC2CC2)c(-c2ccc(F)cc2Br)o1. The summed E-state index contributed by atoms with van der Waals surface area (Å²) in [6.45, 7) is 2.73. The maximum absolute atomic E-state index is 13.3. The van der Waals surface area contributed by atoms with E-state index in [2.05, 4.69) is 26.2 Å². The number of hydrogen-bond acceptors (Lipinski definition) is 4. The minimum absolute atomic E-state index is 0.312. The van der Waals surface area contributed by atoms with E-state index in [1.54, 1.807) is 13.0 Å². The van der Waals surface area contributed by atoms with Crippen molar-refractivity contribution in [3.63, 3.8) is 0 Å². The van der Waals surface area contributed by atoms with Crippen LogP contribution in [0.25, 0.3) is 11.3 Å². The largest absolute Gasteiger partial charge is 0.441 e. The maximum atomic E-state index is 13.3. The van der Waals surface area contributed by atoms with Gasteiger partial charge < -0.3 is 15.1 Å². The molecule has 1 aromatic heterocycles. The number of oxazole rings is 1. The van der Waals surface area contributed by atoms with Gasteiger partial charge in [-0.15, -0.1) is 0 Å². The Kier molecular flexibility index (Phi) is 5.14. The fourth-order valence-electron chi connectivity index (χ4n) is 2.49. The summed E-state index contributed by atoms with van der Waals surface area (Å²) in [6.07, 6.45) is 6.25. The van der Waals surface area contributed by atoms with Gasteiger partial charge in [0.15, 0.2) is 11.7 Å². The number of aryl methyl sites for hydroxylation is 1. The predicted molar refractivity (Wildman–Crippen MR) is 95.6 cm³/mol. The number of nitrogens with one attached hydrogen (secondary N) is 2. The van der Waals surface area contributed by atoms with Gasteiger partial charge in [0.1, 0.15) is 5.82 Å². The van der Waals surface area contributed by atoms with Gasteiger partial charge in [0.25, 0.3) is 0 Å². The van der Waals surface area contributed by atoms with Gasteiger partial charge in [0.05, 0.1) is 5.69 Å². The van der Waals surface area contributed by atoms with Crippen LogP contribution in [-0.2, 0) is 6.42 Å². The zero-order valence-corrected chi connectivity index (χ0v) is 15.0. The quantitative estimate of drug-likeness (QED) is 0.676. The van der Waals surface area contributed by atoms with Crippen LogP contribution in [0.1, 0.15) is 24.4 Å². The fraction of sp³-hybridized carbons (Fsp3) is 0.333. The minimum atomic E-state index is -0.312. The van der Waals surface area contributed by atoms with Gasteiger partial charge >= 0.3 is 0 Å². The van der Waals surface area contributed by atoms with Crippen molar-refractivity contribution in [2.75, 3.05) is 6.54 Å². The topological polar surface area (TPSA) is 61.9 Å². The molecule has 1 aromatic carbocycles. The van der Waals surface area contributed by atoms with Crippen LogP contribution >= 0.6 is 15.9 Å². The molecule has 2 N–H and O–H groups in total. The molecule has 1 aliphatic rings. The van der Waals surface area contributed by atoms with Crippen molar-refractivity contribution in [1.82, 2.24) is 10.3 Å². The van der Waals surface area contributed by atoms with Gasteiger partial charge in [-0.25, -0.2) is 9.37 Å². The first-order chi connectivity index (χ1) is 11.6. The van der Waals surface area contributed by atoms with Gasteiger partial charge in [0, 0.05) is 42.3 Å². The van der Waals surface area contributed by atoms with Crippen molar-refractivity contribution < 1.29 is 8.81 Å². The molecule has 1 aliphatic carbocycles. The molecule has 1 saturated carbocycles. The molecule has 1 heterocycles. The Hall–Kier alpha value is -1.95. The van der Waals surface area contributed by atoms with E-state index < -0.39 is 0 Å². The van der Waals surface area contributed by atoms with Crippen molar-refractivity contribution in [3.8, 4) is 11.3 Å². The van der Waals surface area contributed by atoms with Crippen molar-refractivity contribution in [2.24, 2.45) is 5.92 Å². The molecule has 2 aromatic rings. The van der Waals surface area contributed by atoms with E-state index in [1.807, 2.05) is 6.20 Å². The lowest BCUT2D eigenvalue weighted by atomic mass is 10.1. The molecule has 0 saturated heterocycles. The van der Waals surface area contributed by atoms with E-state index in [0.29, 0.717) is 22.5 Å². The van der Waals surface area contributed by atoms with Gasteiger partial charge in [-0.05, 0) is 58.5 Å².